The van der Waals surface area contributed by atoms with Gasteiger partial charge in [0.05, 0.1) is 19.2 Å². The van der Waals surface area contributed by atoms with Crippen molar-refractivity contribution in [2.24, 2.45) is 0 Å². The average molecular weight is 172 g/mol. The Morgan fingerprint density at radius 3 is 2.58 bits per heavy atom. The maximum absolute atomic E-state index is 10.0. The fourth-order valence-electron chi connectivity index (χ4n) is 2.20. The quantitative estimate of drug-likeness (QED) is 0.443. The highest BCUT2D eigenvalue weighted by Crippen LogP contribution is 2.46. The van der Waals surface area contributed by atoms with Crippen molar-refractivity contribution in [3.8, 4) is 0 Å². The molecule has 0 aromatic carbocycles. The van der Waals surface area contributed by atoms with Gasteiger partial charge in [-0.2, -0.15) is 0 Å². The molecule has 2 fully saturated rings. The van der Waals surface area contributed by atoms with Gasteiger partial charge in [0, 0.05) is 0 Å². The lowest BCUT2D eigenvalue weighted by atomic mass is 9.82. The Hall–Kier alpha value is -0.0951. The van der Waals surface area contributed by atoms with Crippen molar-refractivity contribution in [1.29, 1.82) is 0 Å². The molecule has 68 valence electrons. The molecule has 0 amide bonds. The van der Waals surface area contributed by atoms with Crippen molar-refractivity contribution in [3.05, 3.63) is 0 Å². The van der Waals surface area contributed by atoms with Gasteiger partial charge in [0.25, 0.3) is 0 Å². The second-order valence-electron chi connectivity index (χ2n) is 3.85. The zero-order valence-corrected chi connectivity index (χ0v) is 7.28. The topological polar surface area (TPSA) is 58.9 Å². The highest BCUT2D eigenvalue weighted by Gasteiger charge is 2.66. The van der Waals surface area contributed by atoms with Crippen molar-refractivity contribution in [2.75, 3.05) is 13.2 Å². The molecule has 5 heteroatoms. The summed E-state index contributed by atoms with van der Waals surface area (Å²) in [6, 6.07) is -0.138. The third kappa shape index (κ3) is 0.725. The maximum Gasteiger partial charge on any atom is 0.145 e. The van der Waals surface area contributed by atoms with Crippen LogP contribution in [0.25, 0.3) is 0 Å². The van der Waals surface area contributed by atoms with E-state index in [-0.39, 0.29) is 25.3 Å². The van der Waals surface area contributed by atoms with E-state index in [0.29, 0.717) is 0 Å². The van der Waals surface area contributed by atoms with E-state index in [4.69, 9.17) is 14.6 Å². The van der Waals surface area contributed by atoms with Gasteiger partial charge in [-0.1, -0.05) is 0 Å². The lowest BCUT2D eigenvalue weighted by molar-refractivity contribution is -0.148. The van der Waals surface area contributed by atoms with Gasteiger partial charge in [0.2, 0.25) is 0 Å². The van der Waals surface area contributed by atoms with Crippen LogP contribution in [0.4, 0.5) is 0 Å². The summed E-state index contributed by atoms with van der Waals surface area (Å²) in [5.41, 5.74) is -1.95. The van der Waals surface area contributed by atoms with E-state index >= 15 is 0 Å². The summed E-state index contributed by atoms with van der Waals surface area (Å²) >= 11 is 0. The van der Waals surface area contributed by atoms with Crippen LogP contribution in [-0.4, -0.2) is 54.6 Å². The zero-order valence-electron chi connectivity index (χ0n) is 7.28. The third-order valence-electron chi connectivity index (χ3n) is 3.07. The Bertz CT molecular complexity index is 208. The van der Waals surface area contributed by atoms with Crippen molar-refractivity contribution >= 4 is 7.85 Å². The SMILES string of the molecule is B[C@@H]1O[C@]2(CO)CO[C@H]1C2(C)O. The number of rotatable bonds is 1. The normalized spacial score (nSPS) is 57.9. The van der Waals surface area contributed by atoms with Crippen molar-refractivity contribution < 1.29 is 19.7 Å². The third-order valence-corrected chi connectivity index (χ3v) is 3.07. The van der Waals surface area contributed by atoms with Crippen molar-refractivity contribution in [1.82, 2.24) is 0 Å². The van der Waals surface area contributed by atoms with Gasteiger partial charge in [0.1, 0.15) is 25.2 Å². The minimum Gasteiger partial charge on any atom is -0.393 e. The van der Waals surface area contributed by atoms with Crippen LogP contribution in [0.1, 0.15) is 6.92 Å². The predicted octanol–water partition coefficient (Wildman–Crippen LogP) is -2.14. The Balaban J connectivity index is 2.36. The molecule has 2 N–H and O–H groups in total. The molecule has 0 saturated carbocycles. The van der Waals surface area contributed by atoms with E-state index in [1.165, 1.54) is 0 Å². The summed E-state index contributed by atoms with van der Waals surface area (Å²) in [6.45, 7) is 1.75. The molecule has 0 radical (unpaired) electrons. The minimum atomic E-state index is -1.05. The molecule has 2 aliphatic rings. The molecule has 2 rings (SSSR count). The van der Waals surface area contributed by atoms with E-state index < -0.39 is 11.2 Å². The monoisotopic (exact) mass is 172 g/mol. The van der Waals surface area contributed by atoms with Gasteiger partial charge in [-0.15, -0.1) is 0 Å². The number of hydrogen-bond acceptors (Lipinski definition) is 4. The number of fused-ring (bicyclic) bond motifs is 2. The van der Waals surface area contributed by atoms with Gasteiger partial charge in [-0.05, 0) is 6.92 Å². The molecule has 2 saturated heterocycles. The molecule has 4 atom stereocenters. The number of aliphatic hydroxyl groups excluding tert-OH is 1. The van der Waals surface area contributed by atoms with Crippen LogP contribution in [0, 0.1) is 0 Å². The largest absolute Gasteiger partial charge is 0.393 e. The summed E-state index contributed by atoms with van der Waals surface area (Å²) in [4.78, 5) is 0. The van der Waals surface area contributed by atoms with Gasteiger partial charge in [0.15, 0.2) is 0 Å². The molecule has 2 bridgehead atoms. The van der Waals surface area contributed by atoms with Gasteiger partial charge >= 0.3 is 0 Å². The van der Waals surface area contributed by atoms with Crippen LogP contribution >= 0.6 is 0 Å². The molecule has 12 heavy (non-hydrogen) atoms. The Kier molecular flexibility index (Phi) is 1.58. The highest BCUT2D eigenvalue weighted by molar-refractivity contribution is 6.12. The van der Waals surface area contributed by atoms with Crippen molar-refractivity contribution in [3.63, 3.8) is 0 Å². The first-order valence-corrected chi connectivity index (χ1v) is 4.16. The van der Waals surface area contributed by atoms with E-state index in [2.05, 4.69) is 0 Å². The molecule has 0 spiro atoms. The highest BCUT2D eigenvalue weighted by atomic mass is 16.6. The summed E-state index contributed by atoms with van der Waals surface area (Å²) in [5, 5.41) is 19.1. The first kappa shape index (κ1) is 8.50. The van der Waals surface area contributed by atoms with Crippen LogP contribution in [0.2, 0.25) is 0 Å². The molecule has 0 aromatic heterocycles. The molecule has 2 aliphatic heterocycles. The van der Waals surface area contributed by atoms with Crippen LogP contribution in [0.15, 0.2) is 0 Å². The number of ether oxygens (including phenoxy) is 2. The smallest absolute Gasteiger partial charge is 0.145 e. The maximum atomic E-state index is 10.0. The number of hydrogen-bond donors (Lipinski definition) is 2. The second-order valence-corrected chi connectivity index (χ2v) is 3.85. The van der Waals surface area contributed by atoms with Crippen LogP contribution in [-0.2, 0) is 9.47 Å². The first-order valence-electron chi connectivity index (χ1n) is 4.16. The lowest BCUT2D eigenvalue weighted by Gasteiger charge is -2.31. The average Bonchev–Trinajstić information content (AvgIpc) is 2.35. The molecule has 0 aromatic rings. The van der Waals surface area contributed by atoms with E-state index in [0.717, 1.165) is 0 Å². The van der Waals surface area contributed by atoms with Gasteiger partial charge < -0.3 is 19.7 Å². The van der Waals surface area contributed by atoms with E-state index in [1.54, 1.807) is 6.92 Å². The summed E-state index contributed by atoms with van der Waals surface area (Å²) < 4.78 is 10.8. The summed E-state index contributed by atoms with van der Waals surface area (Å²) in [6.07, 6.45) is -0.301. The van der Waals surface area contributed by atoms with Crippen LogP contribution in [0.3, 0.4) is 0 Å². The summed E-state index contributed by atoms with van der Waals surface area (Å²) in [5.74, 6) is 0. The zero-order chi connectivity index (χ0) is 8.98. The van der Waals surface area contributed by atoms with Gasteiger partial charge in [-0.25, -0.2) is 0 Å². The first-order chi connectivity index (χ1) is 5.53. The molecule has 1 unspecified atom stereocenters. The van der Waals surface area contributed by atoms with Crippen LogP contribution < -0.4 is 0 Å². The number of aliphatic hydroxyl groups is 2. The lowest BCUT2D eigenvalue weighted by Crippen LogP contribution is -2.52. The molecular formula is C7H13BO4. The van der Waals surface area contributed by atoms with Crippen molar-refractivity contribution in [2.45, 2.75) is 30.2 Å². The van der Waals surface area contributed by atoms with Crippen LogP contribution in [0.5, 0.6) is 0 Å². The molecular weight excluding hydrogens is 159 g/mol. The van der Waals surface area contributed by atoms with E-state index in [9.17, 15) is 5.11 Å². The second kappa shape index (κ2) is 2.23. The van der Waals surface area contributed by atoms with E-state index in [1.807, 2.05) is 7.85 Å². The Morgan fingerprint density at radius 2 is 2.33 bits per heavy atom. The Labute approximate surface area is 71.9 Å². The Morgan fingerprint density at radius 1 is 1.67 bits per heavy atom. The minimum absolute atomic E-state index is 0.138. The summed E-state index contributed by atoms with van der Waals surface area (Å²) in [7, 11) is 1.84. The fraction of sp³-hybridized carbons (Fsp3) is 1.00. The molecule has 0 aliphatic carbocycles. The molecule has 2 heterocycles. The predicted molar refractivity (Wildman–Crippen MR) is 43.6 cm³/mol. The fourth-order valence-corrected chi connectivity index (χ4v) is 2.20. The standard InChI is InChI=1S/C7H13BO4/c1-6(10)4-5(8)12-7(6,2-9)3-11-4/h4-5,9-10H,2-3,8H2,1H3/t4-,5-,6?,7-/m1/s1. The van der Waals surface area contributed by atoms with Gasteiger partial charge in [-0.3, -0.25) is 0 Å². The molecule has 4 nitrogen and oxygen atoms in total.